The highest BCUT2D eigenvalue weighted by Gasteiger charge is 2.45. The third kappa shape index (κ3) is 1.44. The van der Waals surface area contributed by atoms with Gasteiger partial charge in [-0.25, -0.2) is 0 Å². The topological polar surface area (TPSA) is 32.3 Å². The van der Waals surface area contributed by atoms with Gasteiger partial charge in [-0.1, -0.05) is 13.8 Å². The Morgan fingerprint density at radius 1 is 1.43 bits per heavy atom. The van der Waals surface area contributed by atoms with Gasteiger partial charge in [-0.15, -0.1) is 0 Å². The number of hydrogen-bond acceptors (Lipinski definition) is 2. The molecule has 0 radical (unpaired) electrons. The Kier molecular flexibility index (Phi) is 2.52. The summed E-state index contributed by atoms with van der Waals surface area (Å²) in [5.74, 6) is 0.483. The van der Waals surface area contributed by atoms with Gasteiger partial charge in [0.1, 0.15) is 0 Å². The van der Waals surface area contributed by atoms with E-state index in [4.69, 9.17) is 0 Å². The zero-order valence-electron chi connectivity index (χ0n) is 9.18. The summed E-state index contributed by atoms with van der Waals surface area (Å²) in [6, 6.07) is 0. The van der Waals surface area contributed by atoms with Crippen LogP contribution >= 0.6 is 0 Å². The standard InChI is InChI=1S/C11H20N2O/c1-9(2)10(14)13-7-3-4-11(13)5-6-12-8-11/h9,12H,3-8H2,1-2H3/t11-/m0/s1. The second kappa shape index (κ2) is 3.54. The Labute approximate surface area is 85.8 Å². The first kappa shape index (κ1) is 9.97. The van der Waals surface area contributed by atoms with Crippen molar-refractivity contribution in [1.82, 2.24) is 10.2 Å². The summed E-state index contributed by atoms with van der Waals surface area (Å²) in [7, 11) is 0. The molecule has 1 amide bonds. The van der Waals surface area contributed by atoms with Crippen molar-refractivity contribution >= 4 is 5.91 Å². The van der Waals surface area contributed by atoms with Crippen molar-refractivity contribution in [3.8, 4) is 0 Å². The molecule has 0 bridgehead atoms. The number of nitrogens with one attached hydrogen (secondary N) is 1. The van der Waals surface area contributed by atoms with Gasteiger partial charge in [0.2, 0.25) is 5.91 Å². The molecule has 2 rings (SSSR count). The van der Waals surface area contributed by atoms with Crippen LogP contribution in [-0.2, 0) is 4.79 Å². The summed E-state index contributed by atoms with van der Waals surface area (Å²) < 4.78 is 0. The van der Waals surface area contributed by atoms with Crippen molar-refractivity contribution in [3.63, 3.8) is 0 Å². The third-order valence-electron chi connectivity index (χ3n) is 3.58. The Bertz CT molecular complexity index is 226. The lowest BCUT2D eigenvalue weighted by Gasteiger charge is -2.35. The van der Waals surface area contributed by atoms with Crippen LogP contribution in [0.3, 0.4) is 0 Å². The maximum atomic E-state index is 12.0. The van der Waals surface area contributed by atoms with Crippen LogP contribution in [0.5, 0.6) is 0 Å². The Hall–Kier alpha value is -0.570. The minimum atomic E-state index is 0.144. The molecule has 0 aromatic rings. The van der Waals surface area contributed by atoms with Gasteiger partial charge in [0.15, 0.2) is 0 Å². The number of carbonyl (C=O) groups excluding carboxylic acids is 1. The smallest absolute Gasteiger partial charge is 0.225 e. The molecule has 0 unspecified atom stereocenters. The van der Waals surface area contributed by atoms with Gasteiger partial charge < -0.3 is 10.2 Å². The molecule has 0 aliphatic carbocycles. The van der Waals surface area contributed by atoms with E-state index in [1.165, 1.54) is 12.8 Å². The van der Waals surface area contributed by atoms with Gasteiger partial charge in [-0.3, -0.25) is 4.79 Å². The molecule has 14 heavy (non-hydrogen) atoms. The highest BCUT2D eigenvalue weighted by molar-refractivity contribution is 5.79. The second-order valence-corrected chi connectivity index (χ2v) is 4.90. The summed E-state index contributed by atoms with van der Waals surface area (Å²) in [5, 5.41) is 3.38. The van der Waals surface area contributed by atoms with E-state index < -0.39 is 0 Å². The van der Waals surface area contributed by atoms with Crippen molar-refractivity contribution in [3.05, 3.63) is 0 Å². The van der Waals surface area contributed by atoms with Crippen molar-refractivity contribution in [2.24, 2.45) is 5.92 Å². The summed E-state index contributed by atoms with van der Waals surface area (Å²) >= 11 is 0. The monoisotopic (exact) mass is 196 g/mol. The fourth-order valence-corrected chi connectivity index (χ4v) is 2.77. The minimum absolute atomic E-state index is 0.144. The van der Waals surface area contributed by atoms with E-state index in [-0.39, 0.29) is 11.5 Å². The highest BCUT2D eigenvalue weighted by Crippen LogP contribution is 2.35. The minimum Gasteiger partial charge on any atom is -0.335 e. The van der Waals surface area contributed by atoms with Gasteiger partial charge in [0.05, 0.1) is 5.54 Å². The van der Waals surface area contributed by atoms with E-state index in [1.807, 2.05) is 13.8 Å². The predicted octanol–water partition coefficient (Wildman–Crippen LogP) is 0.997. The highest BCUT2D eigenvalue weighted by atomic mass is 16.2. The van der Waals surface area contributed by atoms with E-state index in [9.17, 15) is 4.79 Å². The fraction of sp³-hybridized carbons (Fsp3) is 0.909. The molecule has 2 fully saturated rings. The molecular formula is C11H20N2O. The fourth-order valence-electron chi connectivity index (χ4n) is 2.77. The summed E-state index contributed by atoms with van der Waals surface area (Å²) in [4.78, 5) is 14.1. The first-order valence-electron chi connectivity index (χ1n) is 5.68. The molecule has 3 nitrogen and oxygen atoms in total. The molecule has 3 heteroatoms. The molecule has 1 atom stereocenters. The molecule has 2 aliphatic rings. The number of rotatable bonds is 1. The summed E-state index contributed by atoms with van der Waals surface area (Å²) in [6.07, 6.45) is 3.52. The second-order valence-electron chi connectivity index (χ2n) is 4.90. The van der Waals surface area contributed by atoms with E-state index in [1.54, 1.807) is 0 Å². The van der Waals surface area contributed by atoms with E-state index in [2.05, 4.69) is 10.2 Å². The molecule has 0 aromatic carbocycles. The predicted molar refractivity (Wildman–Crippen MR) is 56.0 cm³/mol. The van der Waals surface area contributed by atoms with Crippen LogP contribution in [0.25, 0.3) is 0 Å². The van der Waals surface area contributed by atoms with Crippen LogP contribution in [0, 0.1) is 5.92 Å². The number of likely N-dealkylation sites (tertiary alicyclic amines) is 1. The van der Waals surface area contributed by atoms with Crippen LogP contribution < -0.4 is 5.32 Å². The number of hydrogen-bond donors (Lipinski definition) is 1. The Balaban J connectivity index is 2.14. The molecule has 2 saturated heterocycles. The van der Waals surface area contributed by atoms with E-state index in [0.717, 1.165) is 26.1 Å². The van der Waals surface area contributed by atoms with Gasteiger partial charge >= 0.3 is 0 Å². The zero-order valence-corrected chi connectivity index (χ0v) is 9.18. The first-order chi connectivity index (χ1) is 6.66. The van der Waals surface area contributed by atoms with Gasteiger partial charge in [0.25, 0.3) is 0 Å². The molecule has 0 saturated carbocycles. The molecule has 2 heterocycles. The number of carbonyl (C=O) groups is 1. The van der Waals surface area contributed by atoms with Crippen LogP contribution in [0.15, 0.2) is 0 Å². The van der Waals surface area contributed by atoms with Gasteiger partial charge in [0, 0.05) is 19.0 Å². The lowest BCUT2D eigenvalue weighted by Crippen LogP contribution is -2.50. The average Bonchev–Trinajstić information content (AvgIpc) is 2.76. The Morgan fingerprint density at radius 3 is 2.79 bits per heavy atom. The maximum Gasteiger partial charge on any atom is 0.225 e. The SMILES string of the molecule is CC(C)C(=O)N1CCC[C@@]12CCNC2. The molecule has 0 aromatic heterocycles. The first-order valence-corrected chi connectivity index (χ1v) is 5.68. The lowest BCUT2D eigenvalue weighted by atomic mass is 9.94. The normalized spacial score (nSPS) is 32.1. The van der Waals surface area contributed by atoms with Crippen LogP contribution in [0.4, 0.5) is 0 Å². The van der Waals surface area contributed by atoms with Crippen molar-refractivity contribution in [2.45, 2.75) is 38.6 Å². The van der Waals surface area contributed by atoms with E-state index >= 15 is 0 Å². The van der Waals surface area contributed by atoms with Crippen molar-refractivity contribution in [2.75, 3.05) is 19.6 Å². The van der Waals surface area contributed by atoms with Gasteiger partial charge in [-0.05, 0) is 25.8 Å². The Morgan fingerprint density at radius 2 is 2.21 bits per heavy atom. The number of amides is 1. The molecule has 1 spiro atoms. The molecule has 80 valence electrons. The van der Waals surface area contributed by atoms with Crippen LogP contribution in [-0.4, -0.2) is 36.0 Å². The third-order valence-corrected chi connectivity index (χ3v) is 3.58. The summed E-state index contributed by atoms with van der Waals surface area (Å²) in [6.45, 7) is 7.04. The summed E-state index contributed by atoms with van der Waals surface area (Å²) in [5.41, 5.74) is 0.182. The molecular weight excluding hydrogens is 176 g/mol. The molecule has 1 N–H and O–H groups in total. The quantitative estimate of drug-likeness (QED) is 0.678. The number of nitrogens with zero attached hydrogens (tertiary/aromatic N) is 1. The van der Waals surface area contributed by atoms with Crippen molar-refractivity contribution in [1.29, 1.82) is 0 Å². The van der Waals surface area contributed by atoms with Crippen molar-refractivity contribution < 1.29 is 4.79 Å². The lowest BCUT2D eigenvalue weighted by molar-refractivity contribution is -0.138. The van der Waals surface area contributed by atoms with Crippen LogP contribution in [0.1, 0.15) is 33.1 Å². The largest absolute Gasteiger partial charge is 0.335 e. The average molecular weight is 196 g/mol. The zero-order chi connectivity index (χ0) is 10.2. The van der Waals surface area contributed by atoms with Crippen LogP contribution in [0.2, 0.25) is 0 Å². The maximum absolute atomic E-state index is 12.0. The molecule has 2 aliphatic heterocycles. The van der Waals surface area contributed by atoms with Gasteiger partial charge in [-0.2, -0.15) is 0 Å². The van der Waals surface area contributed by atoms with E-state index in [0.29, 0.717) is 5.91 Å².